The van der Waals surface area contributed by atoms with E-state index in [1.807, 2.05) is 0 Å². The summed E-state index contributed by atoms with van der Waals surface area (Å²) in [5, 5.41) is 42.8. The minimum absolute atomic E-state index is 0.539. The van der Waals surface area contributed by atoms with Crippen molar-refractivity contribution in [2.75, 3.05) is 13.2 Å². The van der Waals surface area contributed by atoms with Gasteiger partial charge in [-0.3, -0.25) is 19.2 Å². The van der Waals surface area contributed by atoms with Gasteiger partial charge >= 0.3 is 23.9 Å². The first-order valence-electron chi connectivity index (χ1n) is 15.6. The fourth-order valence-electron chi connectivity index (χ4n) is 4.12. The molecule has 0 spiro atoms. The zero-order valence-corrected chi connectivity index (χ0v) is 29.5. The molecular weight excluding hydrogens is 624 g/mol. The Morgan fingerprint density at radius 2 is 0.936 bits per heavy atom. The van der Waals surface area contributed by atoms with Gasteiger partial charge in [0, 0.05) is 0 Å². The van der Waals surface area contributed by atoms with Crippen molar-refractivity contribution >= 4 is 23.9 Å². The van der Waals surface area contributed by atoms with E-state index in [9.17, 15) is 39.6 Å². The van der Waals surface area contributed by atoms with E-state index < -0.39 is 120 Å². The number of hydrogen-bond donors (Lipinski definition) is 4. The minimum Gasteiger partial charge on any atom is -0.462 e. The van der Waals surface area contributed by atoms with Crippen LogP contribution < -0.4 is 0 Å². The third-order valence-electron chi connectivity index (χ3n) is 7.26. The van der Waals surface area contributed by atoms with Gasteiger partial charge in [-0.2, -0.15) is 0 Å². The molecule has 0 aromatic carbocycles. The Morgan fingerprint density at radius 3 is 1.36 bits per heavy atom. The quantitative estimate of drug-likeness (QED) is 0.208. The van der Waals surface area contributed by atoms with Gasteiger partial charge in [-0.1, -0.05) is 0 Å². The number of carbonyl (C=O) groups is 4. The number of hydrogen-bond acceptors (Lipinski definition) is 15. The molecule has 2 aliphatic rings. The highest BCUT2D eigenvalue weighted by atomic mass is 16.8. The molecule has 0 amide bonds. The number of ether oxygens (including phenoxy) is 7. The molecule has 0 bridgehead atoms. The van der Waals surface area contributed by atoms with Crippen LogP contribution in [-0.4, -0.2) is 119 Å². The Kier molecular flexibility index (Phi) is 13.0. The van der Waals surface area contributed by atoms with E-state index in [-0.39, 0.29) is 0 Å². The van der Waals surface area contributed by atoms with E-state index in [0.29, 0.717) is 0 Å². The SMILES string of the molecule is CC(C)(C)C(=O)OC[C@H]1O[C@H](O[C@H]2O[C@H](CO)[C@@H](O)[C@H](O)[C@H]2OC(=O)C(C)(C)C)[C@H](O)[C@@H](OC(=O)C(C)(C)C)[C@@H]1OC(=O)C(C)(C)C. The largest absolute Gasteiger partial charge is 0.462 e. The second-order valence-electron chi connectivity index (χ2n) is 16.1. The summed E-state index contributed by atoms with van der Waals surface area (Å²) in [6.07, 6.45) is -16.6. The lowest BCUT2D eigenvalue weighted by Crippen LogP contribution is -2.66. The lowest BCUT2D eigenvalue weighted by atomic mass is 9.93. The standard InChI is InChI=1S/C32H54O15/c1-29(2,3)25(37)41-14-16-20(44-26(38)30(4,5)6)21(45-27(39)31(7,8)9)19(36)23(43-16)47-24-22(46-28(40)32(10,11)12)18(35)17(34)15(13-33)42-24/h15-24,33-36H,13-14H2,1-12H3/t15-,16-,17-,18+,19-,20-,21-,22-,23-,24-/m1/s1. The number of aliphatic hydroxyl groups is 4. The van der Waals surface area contributed by atoms with Gasteiger partial charge in [0.25, 0.3) is 0 Å². The van der Waals surface area contributed by atoms with Crippen LogP contribution in [0.2, 0.25) is 0 Å². The molecule has 0 aromatic rings. The summed E-state index contributed by atoms with van der Waals surface area (Å²) in [5.41, 5.74) is -4.10. The number of carbonyl (C=O) groups excluding carboxylic acids is 4. The second-order valence-corrected chi connectivity index (χ2v) is 16.1. The molecule has 15 heteroatoms. The van der Waals surface area contributed by atoms with Crippen LogP contribution in [0.1, 0.15) is 83.1 Å². The molecule has 10 atom stereocenters. The molecule has 47 heavy (non-hydrogen) atoms. The van der Waals surface area contributed by atoms with E-state index >= 15 is 0 Å². The maximum Gasteiger partial charge on any atom is 0.311 e. The molecule has 2 saturated heterocycles. The maximum absolute atomic E-state index is 13.1. The molecule has 15 nitrogen and oxygen atoms in total. The Bertz CT molecular complexity index is 1110. The van der Waals surface area contributed by atoms with Gasteiger partial charge in [-0.05, 0) is 83.1 Å². The van der Waals surface area contributed by atoms with Gasteiger partial charge in [0.05, 0.1) is 28.3 Å². The molecule has 2 fully saturated rings. The predicted molar refractivity (Wildman–Crippen MR) is 162 cm³/mol. The van der Waals surface area contributed by atoms with Crippen molar-refractivity contribution in [2.45, 2.75) is 144 Å². The van der Waals surface area contributed by atoms with Crippen LogP contribution in [0.15, 0.2) is 0 Å². The minimum atomic E-state index is -1.90. The van der Waals surface area contributed by atoms with Crippen LogP contribution in [0, 0.1) is 21.7 Å². The van der Waals surface area contributed by atoms with Crippen molar-refractivity contribution in [2.24, 2.45) is 21.7 Å². The molecule has 2 aliphatic heterocycles. The lowest BCUT2D eigenvalue weighted by Gasteiger charge is -2.47. The summed E-state index contributed by atoms with van der Waals surface area (Å²) in [4.78, 5) is 51.7. The van der Waals surface area contributed by atoms with Gasteiger partial charge in [0.15, 0.2) is 24.6 Å². The van der Waals surface area contributed by atoms with E-state index in [1.165, 1.54) is 0 Å². The van der Waals surface area contributed by atoms with Crippen molar-refractivity contribution in [1.82, 2.24) is 0 Å². The second kappa shape index (κ2) is 15.0. The molecule has 0 aliphatic carbocycles. The first-order valence-corrected chi connectivity index (χ1v) is 15.6. The average Bonchev–Trinajstić information content (AvgIpc) is 2.92. The Hall–Kier alpha value is -2.40. The van der Waals surface area contributed by atoms with Crippen LogP contribution in [0.3, 0.4) is 0 Å². The first kappa shape index (κ1) is 40.8. The summed E-state index contributed by atoms with van der Waals surface area (Å²) in [6.45, 7) is 17.7. The zero-order valence-electron chi connectivity index (χ0n) is 29.5. The van der Waals surface area contributed by atoms with Crippen molar-refractivity contribution in [1.29, 1.82) is 0 Å². The molecule has 0 aromatic heterocycles. The smallest absolute Gasteiger partial charge is 0.311 e. The summed E-state index contributed by atoms with van der Waals surface area (Å²) >= 11 is 0. The van der Waals surface area contributed by atoms with E-state index in [0.717, 1.165) is 0 Å². The van der Waals surface area contributed by atoms with Crippen LogP contribution in [0.4, 0.5) is 0 Å². The van der Waals surface area contributed by atoms with E-state index in [1.54, 1.807) is 83.1 Å². The molecule has 2 heterocycles. The molecule has 0 radical (unpaired) electrons. The third-order valence-corrected chi connectivity index (χ3v) is 7.26. The van der Waals surface area contributed by atoms with Crippen LogP contribution in [0.25, 0.3) is 0 Å². The van der Waals surface area contributed by atoms with Crippen molar-refractivity contribution < 1.29 is 72.8 Å². The molecular formula is C32H54O15. The van der Waals surface area contributed by atoms with Gasteiger partial charge < -0.3 is 53.6 Å². The fraction of sp³-hybridized carbons (Fsp3) is 0.875. The fourth-order valence-corrected chi connectivity index (χ4v) is 4.12. The highest BCUT2D eigenvalue weighted by Crippen LogP contribution is 2.35. The molecule has 272 valence electrons. The van der Waals surface area contributed by atoms with Crippen molar-refractivity contribution in [3.8, 4) is 0 Å². The molecule has 4 N–H and O–H groups in total. The van der Waals surface area contributed by atoms with Crippen LogP contribution >= 0.6 is 0 Å². The molecule has 0 saturated carbocycles. The van der Waals surface area contributed by atoms with Crippen molar-refractivity contribution in [3.05, 3.63) is 0 Å². The highest BCUT2D eigenvalue weighted by molar-refractivity contribution is 5.77. The van der Waals surface area contributed by atoms with Crippen LogP contribution in [0.5, 0.6) is 0 Å². The number of esters is 4. The Morgan fingerprint density at radius 1 is 0.532 bits per heavy atom. The van der Waals surface area contributed by atoms with Gasteiger partial charge in [0.2, 0.25) is 6.29 Å². The summed E-state index contributed by atoms with van der Waals surface area (Å²) < 4.78 is 40.0. The summed E-state index contributed by atoms with van der Waals surface area (Å²) in [7, 11) is 0. The van der Waals surface area contributed by atoms with E-state index in [2.05, 4.69) is 0 Å². The van der Waals surface area contributed by atoms with Gasteiger partial charge in [0.1, 0.15) is 37.1 Å². The Labute approximate surface area is 276 Å². The topological polar surface area (TPSA) is 214 Å². The first-order chi connectivity index (χ1) is 21.2. The number of aliphatic hydroxyl groups excluding tert-OH is 4. The van der Waals surface area contributed by atoms with E-state index in [4.69, 9.17) is 33.2 Å². The lowest BCUT2D eigenvalue weighted by molar-refractivity contribution is -0.378. The zero-order chi connectivity index (χ0) is 36.4. The molecule has 2 rings (SSSR count). The summed E-state index contributed by atoms with van der Waals surface area (Å²) in [6, 6.07) is 0. The van der Waals surface area contributed by atoms with Crippen LogP contribution in [-0.2, 0) is 52.3 Å². The maximum atomic E-state index is 13.1. The highest BCUT2D eigenvalue weighted by Gasteiger charge is 2.55. The van der Waals surface area contributed by atoms with Gasteiger partial charge in [-0.25, -0.2) is 0 Å². The average molecular weight is 679 g/mol. The molecule has 0 unspecified atom stereocenters. The Balaban J connectivity index is 2.59. The normalized spacial score (nSPS) is 32.3. The summed E-state index contributed by atoms with van der Waals surface area (Å²) in [5.74, 6) is -2.96. The van der Waals surface area contributed by atoms with Crippen molar-refractivity contribution in [3.63, 3.8) is 0 Å². The predicted octanol–water partition coefficient (Wildman–Crippen LogP) is 0.991. The van der Waals surface area contributed by atoms with Gasteiger partial charge in [-0.15, -0.1) is 0 Å². The monoisotopic (exact) mass is 678 g/mol. The third kappa shape index (κ3) is 10.5. The number of rotatable bonds is 8.